The second kappa shape index (κ2) is 10.7. The van der Waals surface area contributed by atoms with Gasteiger partial charge in [-0.1, -0.05) is 0 Å². The molecule has 1 aliphatic heterocycles. The lowest BCUT2D eigenvalue weighted by atomic mass is 10.1. The Bertz CT molecular complexity index is 1130. The number of ether oxygens (including phenoxy) is 2. The molecule has 0 bridgehead atoms. The van der Waals surface area contributed by atoms with Crippen molar-refractivity contribution in [2.24, 2.45) is 0 Å². The highest BCUT2D eigenvalue weighted by Crippen LogP contribution is 2.36. The summed E-state index contributed by atoms with van der Waals surface area (Å²) in [6.07, 6.45) is 16.5. The van der Waals surface area contributed by atoms with E-state index in [1.165, 1.54) is 0 Å². The standard InChI is InChI=1S/C24H34BrN5O3S/c1-5-33-24(31)28-8-6-19(7-9-28)30-16-21(20-12-23(25)26-14-22(20)30)18-13-27-29(15-18)17-32-10-11-34(2,3)4/h12-16,19H,5-11,17H2,1-4H3. The molecule has 0 spiro atoms. The van der Waals surface area contributed by atoms with Gasteiger partial charge in [0.25, 0.3) is 0 Å². The number of hydrogen-bond acceptors (Lipinski definition) is 5. The summed E-state index contributed by atoms with van der Waals surface area (Å²) in [7, 11) is -0.561. The van der Waals surface area contributed by atoms with Crippen LogP contribution in [0.25, 0.3) is 22.0 Å². The first-order valence-electron chi connectivity index (χ1n) is 11.6. The second-order valence-electron chi connectivity index (χ2n) is 9.49. The van der Waals surface area contributed by atoms with Gasteiger partial charge in [-0.15, -0.1) is 0 Å². The predicted molar refractivity (Wildman–Crippen MR) is 142 cm³/mol. The van der Waals surface area contributed by atoms with Crippen molar-refractivity contribution in [1.29, 1.82) is 0 Å². The van der Waals surface area contributed by atoms with E-state index >= 15 is 0 Å². The number of pyridine rings is 1. The molecule has 1 fully saturated rings. The summed E-state index contributed by atoms with van der Waals surface area (Å²) in [5.74, 6) is 1.09. The van der Waals surface area contributed by atoms with Gasteiger partial charge in [0.05, 0.1) is 31.1 Å². The number of carbonyl (C=O) groups excluding carboxylic acids is 1. The first-order valence-corrected chi connectivity index (χ1v) is 15.4. The van der Waals surface area contributed by atoms with Crippen molar-refractivity contribution in [1.82, 2.24) is 24.2 Å². The normalized spacial score (nSPS) is 15.7. The minimum Gasteiger partial charge on any atom is -0.450 e. The van der Waals surface area contributed by atoms with Crippen molar-refractivity contribution in [3.05, 3.63) is 35.5 Å². The van der Waals surface area contributed by atoms with E-state index in [9.17, 15) is 4.79 Å². The molecule has 1 aliphatic rings. The SMILES string of the molecule is CCOC(=O)N1CCC(n2cc(-c3cnn(COCCS(C)(C)C)c3)c3cc(Br)ncc32)CC1. The van der Waals surface area contributed by atoms with Crippen molar-refractivity contribution in [3.8, 4) is 11.1 Å². The van der Waals surface area contributed by atoms with Crippen LogP contribution in [0.15, 0.2) is 35.5 Å². The van der Waals surface area contributed by atoms with Gasteiger partial charge >= 0.3 is 6.09 Å². The van der Waals surface area contributed by atoms with Crippen molar-refractivity contribution < 1.29 is 14.3 Å². The van der Waals surface area contributed by atoms with Gasteiger partial charge in [-0.2, -0.15) is 5.10 Å². The summed E-state index contributed by atoms with van der Waals surface area (Å²) in [5, 5.41) is 5.66. The van der Waals surface area contributed by atoms with E-state index in [0.29, 0.717) is 32.5 Å². The van der Waals surface area contributed by atoms with E-state index in [0.717, 1.165) is 51.8 Å². The smallest absolute Gasteiger partial charge is 0.409 e. The van der Waals surface area contributed by atoms with Crippen LogP contribution in [0.3, 0.4) is 0 Å². The van der Waals surface area contributed by atoms with Gasteiger partial charge in [0.2, 0.25) is 0 Å². The van der Waals surface area contributed by atoms with E-state index in [1.807, 2.05) is 30.2 Å². The monoisotopic (exact) mass is 551 g/mol. The van der Waals surface area contributed by atoms with Gasteiger partial charge in [0.1, 0.15) is 11.3 Å². The maximum atomic E-state index is 12.1. The topological polar surface area (TPSA) is 74.4 Å². The lowest BCUT2D eigenvalue weighted by Gasteiger charge is -2.32. The zero-order chi connectivity index (χ0) is 24.3. The minimum absolute atomic E-state index is 0.219. The van der Waals surface area contributed by atoms with Crippen LogP contribution in [0.2, 0.25) is 0 Å². The summed E-state index contributed by atoms with van der Waals surface area (Å²) < 4.78 is 16.0. The maximum absolute atomic E-state index is 12.1. The molecule has 10 heteroatoms. The molecule has 4 heterocycles. The van der Waals surface area contributed by atoms with Gasteiger partial charge in [0.15, 0.2) is 0 Å². The molecule has 0 N–H and O–H groups in total. The Morgan fingerprint density at radius 2 is 1.97 bits per heavy atom. The number of amides is 1. The number of nitrogens with zero attached hydrogens (tertiary/aromatic N) is 5. The van der Waals surface area contributed by atoms with Crippen molar-refractivity contribution in [3.63, 3.8) is 0 Å². The van der Waals surface area contributed by atoms with Crippen LogP contribution in [0, 0.1) is 0 Å². The zero-order valence-corrected chi connectivity index (χ0v) is 22.8. The van der Waals surface area contributed by atoms with Gasteiger partial charge < -0.3 is 18.9 Å². The number of carbonyl (C=O) groups is 1. The molecule has 8 nitrogen and oxygen atoms in total. The van der Waals surface area contributed by atoms with Crippen LogP contribution in [0.5, 0.6) is 0 Å². The molecule has 4 rings (SSSR count). The first kappa shape index (κ1) is 25.1. The second-order valence-corrected chi connectivity index (χ2v) is 14.9. The van der Waals surface area contributed by atoms with Crippen LogP contribution in [-0.2, 0) is 16.2 Å². The fourth-order valence-electron chi connectivity index (χ4n) is 4.24. The Morgan fingerprint density at radius 3 is 2.68 bits per heavy atom. The summed E-state index contributed by atoms with van der Waals surface area (Å²) in [4.78, 5) is 18.4. The molecule has 0 unspecified atom stereocenters. The third-order valence-corrected chi connectivity index (χ3v) is 7.90. The fraction of sp³-hybridized carbons (Fsp3) is 0.542. The number of halogens is 1. The molecular formula is C24H34BrN5O3S. The molecule has 0 radical (unpaired) electrons. The quantitative estimate of drug-likeness (QED) is 0.286. The summed E-state index contributed by atoms with van der Waals surface area (Å²) in [6, 6.07) is 2.36. The summed E-state index contributed by atoms with van der Waals surface area (Å²) >= 11 is 3.53. The Kier molecular flexibility index (Phi) is 7.89. The zero-order valence-electron chi connectivity index (χ0n) is 20.4. The highest BCUT2D eigenvalue weighted by atomic mass is 79.9. The first-order chi connectivity index (χ1) is 16.2. The Labute approximate surface area is 211 Å². The minimum atomic E-state index is -0.561. The van der Waals surface area contributed by atoms with Crippen LogP contribution >= 0.6 is 26.0 Å². The van der Waals surface area contributed by atoms with E-state index < -0.39 is 10.0 Å². The van der Waals surface area contributed by atoms with Crippen molar-refractivity contribution in [2.45, 2.75) is 32.5 Å². The molecule has 34 heavy (non-hydrogen) atoms. The fourth-order valence-corrected chi connectivity index (χ4v) is 5.19. The van der Waals surface area contributed by atoms with E-state index in [4.69, 9.17) is 9.47 Å². The Morgan fingerprint density at radius 1 is 1.21 bits per heavy atom. The third-order valence-electron chi connectivity index (χ3n) is 6.08. The number of aromatic nitrogens is 4. The molecule has 186 valence electrons. The molecule has 0 aromatic carbocycles. The molecule has 0 saturated carbocycles. The molecule has 0 aliphatic carbocycles. The van der Waals surface area contributed by atoms with E-state index in [2.05, 4.69) is 61.6 Å². The Hall–Kier alpha value is -2.04. The molecule has 0 atom stereocenters. The number of fused-ring (bicyclic) bond motifs is 1. The summed E-state index contributed by atoms with van der Waals surface area (Å²) in [6.45, 7) is 4.82. The third kappa shape index (κ3) is 5.95. The number of likely N-dealkylation sites (tertiary alicyclic amines) is 1. The average Bonchev–Trinajstić information content (AvgIpc) is 3.41. The van der Waals surface area contributed by atoms with E-state index in [1.54, 1.807) is 4.90 Å². The lowest BCUT2D eigenvalue weighted by molar-refractivity contribution is 0.0809. The van der Waals surface area contributed by atoms with Gasteiger partial charge in [0, 0.05) is 53.8 Å². The van der Waals surface area contributed by atoms with Gasteiger partial charge in [-0.25, -0.2) is 24.5 Å². The molecule has 1 amide bonds. The van der Waals surface area contributed by atoms with E-state index in [-0.39, 0.29) is 6.09 Å². The summed E-state index contributed by atoms with van der Waals surface area (Å²) in [5.41, 5.74) is 3.26. The number of piperidine rings is 1. The highest BCUT2D eigenvalue weighted by Gasteiger charge is 2.26. The van der Waals surface area contributed by atoms with Crippen LogP contribution in [0.4, 0.5) is 4.79 Å². The average molecular weight is 553 g/mol. The molecular weight excluding hydrogens is 518 g/mol. The molecule has 3 aromatic heterocycles. The van der Waals surface area contributed by atoms with Crippen LogP contribution in [0.1, 0.15) is 25.8 Å². The largest absolute Gasteiger partial charge is 0.450 e. The number of rotatable bonds is 8. The Balaban J connectivity index is 1.52. The number of hydrogen-bond donors (Lipinski definition) is 0. The highest BCUT2D eigenvalue weighted by molar-refractivity contribution is 9.10. The van der Waals surface area contributed by atoms with Crippen LogP contribution in [-0.4, -0.2) is 81.1 Å². The van der Waals surface area contributed by atoms with Gasteiger partial charge in [-0.3, -0.25) is 0 Å². The molecule has 3 aromatic rings. The van der Waals surface area contributed by atoms with Crippen molar-refractivity contribution >= 4 is 43.0 Å². The van der Waals surface area contributed by atoms with Crippen molar-refractivity contribution in [2.75, 3.05) is 50.8 Å². The molecule has 1 saturated heterocycles. The lowest BCUT2D eigenvalue weighted by Crippen LogP contribution is -2.39. The predicted octanol–water partition coefficient (Wildman–Crippen LogP) is 5.12. The maximum Gasteiger partial charge on any atom is 0.409 e. The van der Waals surface area contributed by atoms with Crippen LogP contribution < -0.4 is 0 Å². The van der Waals surface area contributed by atoms with Gasteiger partial charge in [-0.05, 0) is 60.5 Å².